The number of anilines is 1. The van der Waals surface area contributed by atoms with Gasteiger partial charge in [-0.2, -0.15) is 0 Å². The standard InChI is InChI=1S/C25H33FN2O5/c1-4-22(29)16-27-24(30)28(2)21-7-5-18(6-8-21)17-33-23-14-19(13-20(26)15-23)25(31-3)9-11-32-12-10-25/h5-8,13-15,22,29H,4,9-12,16-17H2,1-3H3,(H,27,30). The number of nitrogens with one attached hydrogen (secondary N) is 1. The number of carbonyl (C=O) groups excluding carboxylic acids is 1. The smallest absolute Gasteiger partial charge is 0.321 e. The summed E-state index contributed by atoms with van der Waals surface area (Å²) in [6.07, 6.45) is 1.33. The van der Waals surface area contributed by atoms with Crippen molar-refractivity contribution in [2.45, 2.75) is 44.5 Å². The Bertz CT molecular complexity index is 916. The van der Waals surface area contributed by atoms with E-state index in [9.17, 15) is 14.3 Å². The van der Waals surface area contributed by atoms with Crippen molar-refractivity contribution in [3.8, 4) is 5.75 Å². The first kappa shape index (κ1) is 25.0. The Hall–Kier alpha value is -2.68. The van der Waals surface area contributed by atoms with Crippen LogP contribution in [0.3, 0.4) is 0 Å². The molecule has 1 unspecified atom stereocenters. The van der Waals surface area contributed by atoms with E-state index in [-0.39, 0.29) is 25.0 Å². The van der Waals surface area contributed by atoms with E-state index in [0.717, 1.165) is 11.1 Å². The fourth-order valence-electron chi connectivity index (χ4n) is 3.79. The Balaban J connectivity index is 1.62. The number of carbonyl (C=O) groups is 1. The van der Waals surface area contributed by atoms with Gasteiger partial charge in [-0.15, -0.1) is 0 Å². The summed E-state index contributed by atoms with van der Waals surface area (Å²) in [7, 11) is 3.30. The van der Waals surface area contributed by atoms with E-state index in [2.05, 4.69) is 5.32 Å². The van der Waals surface area contributed by atoms with E-state index in [1.165, 1.54) is 17.0 Å². The van der Waals surface area contributed by atoms with Gasteiger partial charge in [-0.05, 0) is 41.8 Å². The molecular weight excluding hydrogens is 427 g/mol. The number of rotatable bonds is 9. The van der Waals surface area contributed by atoms with Crippen molar-refractivity contribution in [2.24, 2.45) is 0 Å². The molecule has 180 valence electrons. The first-order valence-electron chi connectivity index (χ1n) is 11.2. The SMILES string of the molecule is CCC(O)CNC(=O)N(C)c1ccc(COc2cc(F)cc(C3(OC)CCOCC3)c2)cc1. The second-order valence-corrected chi connectivity index (χ2v) is 8.25. The van der Waals surface area contributed by atoms with Gasteiger partial charge in [-0.25, -0.2) is 9.18 Å². The van der Waals surface area contributed by atoms with Crippen molar-refractivity contribution >= 4 is 11.7 Å². The van der Waals surface area contributed by atoms with Crippen LogP contribution in [-0.2, 0) is 21.7 Å². The molecule has 0 saturated carbocycles. The number of aliphatic hydroxyl groups is 1. The summed E-state index contributed by atoms with van der Waals surface area (Å²) >= 11 is 0. The number of aliphatic hydroxyl groups excluding tert-OH is 1. The van der Waals surface area contributed by atoms with Gasteiger partial charge in [0.25, 0.3) is 0 Å². The van der Waals surface area contributed by atoms with E-state index in [4.69, 9.17) is 14.2 Å². The summed E-state index contributed by atoms with van der Waals surface area (Å²) in [6.45, 7) is 3.45. The van der Waals surface area contributed by atoms with Crippen LogP contribution in [0.25, 0.3) is 0 Å². The van der Waals surface area contributed by atoms with Crippen LogP contribution in [0.5, 0.6) is 5.75 Å². The summed E-state index contributed by atoms with van der Waals surface area (Å²) in [4.78, 5) is 13.7. The minimum atomic E-state index is -0.571. The number of hydrogen-bond acceptors (Lipinski definition) is 5. The highest BCUT2D eigenvalue weighted by molar-refractivity contribution is 5.91. The number of benzene rings is 2. The number of halogens is 1. The number of hydrogen-bond donors (Lipinski definition) is 2. The third kappa shape index (κ3) is 6.43. The molecule has 2 aromatic carbocycles. The molecule has 2 aromatic rings. The van der Waals surface area contributed by atoms with Crippen LogP contribution >= 0.6 is 0 Å². The van der Waals surface area contributed by atoms with Crippen LogP contribution in [-0.4, -0.2) is 51.2 Å². The van der Waals surface area contributed by atoms with Gasteiger partial charge in [0.2, 0.25) is 0 Å². The molecule has 8 heteroatoms. The molecule has 1 aliphatic heterocycles. The summed E-state index contributed by atoms with van der Waals surface area (Å²) < 4.78 is 31.4. The summed E-state index contributed by atoms with van der Waals surface area (Å²) in [5.74, 6) is 0.0598. The molecule has 1 aliphatic rings. The zero-order valence-corrected chi connectivity index (χ0v) is 19.5. The van der Waals surface area contributed by atoms with Crippen molar-refractivity contribution in [3.63, 3.8) is 0 Å². The number of methoxy groups -OCH3 is 1. The lowest BCUT2D eigenvalue weighted by Gasteiger charge is -2.36. The van der Waals surface area contributed by atoms with Crippen LogP contribution in [0.1, 0.15) is 37.3 Å². The number of ether oxygens (including phenoxy) is 3. The molecule has 33 heavy (non-hydrogen) atoms. The molecule has 3 rings (SSSR count). The minimum Gasteiger partial charge on any atom is -0.489 e. The third-order valence-corrected chi connectivity index (χ3v) is 6.08. The average molecular weight is 461 g/mol. The molecule has 0 aliphatic carbocycles. The Morgan fingerprint density at radius 3 is 2.58 bits per heavy atom. The predicted molar refractivity (Wildman–Crippen MR) is 124 cm³/mol. The lowest BCUT2D eigenvalue weighted by Crippen LogP contribution is -2.40. The van der Waals surface area contributed by atoms with E-state index in [0.29, 0.717) is 43.9 Å². The fourth-order valence-corrected chi connectivity index (χ4v) is 3.79. The van der Waals surface area contributed by atoms with Gasteiger partial charge in [0, 0.05) is 58.5 Å². The van der Waals surface area contributed by atoms with E-state index < -0.39 is 11.7 Å². The van der Waals surface area contributed by atoms with E-state index >= 15 is 0 Å². The second kappa shape index (κ2) is 11.4. The van der Waals surface area contributed by atoms with Crippen molar-refractivity contribution in [1.29, 1.82) is 0 Å². The molecule has 7 nitrogen and oxygen atoms in total. The molecule has 1 atom stereocenters. The molecule has 2 N–H and O–H groups in total. The predicted octanol–water partition coefficient (Wildman–Crippen LogP) is 3.97. The van der Waals surface area contributed by atoms with Gasteiger partial charge in [-0.3, -0.25) is 4.90 Å². The zero-order chi connectivity index (χ0) is 23.8. The lowest BCUT2D eigenvalue weighted by molar-refractivity contribution is -0.0950. The monoisotopic (exact) mass is 460 g/mol. The highest BCUT2D eigenvalue weighted by Gasteiger charge is 2.35. The van der Waals surface area contributed by atoms with Crippen molar-refractivity contribution < 1.29 is 28.5 Å². The Kier molecular flexibility index (Phi) is 8.66. The summed E-state index contributed by atoms with van der Waals surface area (Å²) in [5.41, 5.74) is 1.77. The first-order chi connectivity index (χ1) is 15.9. The Morgan fingerprint density at radius 1 is 1.24 bits per heavy atom. The molecule has 0 spiro atoms. The third-order valence-electron chi connectivity index (χ3n) is 6.08. The fraction of sp³-hybridized carbons (Fsp3) is 0.480. The van der Waals surface area contributed by atoms with Crippen molar-refractivity contribution in [2.75, 3.05) is 38.8 Å². The van der Waals surface area contributed by atoms with Crippen LogP contribution in [0.4, 0.5) is 14.9 Å². The summed E-state index contributed by atoms with van der Waals surface area (Å²) in [6, 6.07) is 11.7. The summed E-state index contributed by atoms with van der Waals surface area (Å²) in [5, 5.41) is 12.3. The number of amides is 2. The van der Waals surface area contributed by atoms with Crippen LogP contribution < -0.4 is 15.0 Å². The van der Waals surface area contributed by atoms with Gasteiger partial charge in [0.15, 0.2) is 0 Å². The van der Waals surface area contributed by atoms with Crippen LogP contribution in [0.15, 0.2) is 42.5 Å². The molecular formula is C25H33FN2O5. The van der Waals surface area contributed by atoms with Crippen LogP contribution in [0.2, 0.25) is 0 Å². The molecule has 1 saturated heterocycles. The molecule has 1 heterocycles. The normalized spacial score (nSPS) is 16.2. The van der Waals surface area contributed by atoms with Gasteiger partial charge >= 0.3 is 6.03 Å². The highest BCUT2D eigenvalue weighted by Crippen LogP contribution is 2.37. The van der Waals surface area contributed by atoms with Gasteiger partial charge in [0.05, 0.1) is 11.7 Å². The molecule has 0 aromatic heterocycles. The van der Waals surface area contributed by atoms with Crippen molar-refractivity contribution in [3.05, 3.63) is 59.4 Å². The second-order valence-electron chi connectivity index (χ2n) is 8.25. The van der Waals surface area contributed by atoms with Gasteiger partial charge in [-0.1, -0.05) is 19.1 Å². The van der Waals surface area contributed by atoms with Crippen LogP contribution in [0, 0.1) is 5.82 Å². The zero-order valence-electron chi connectivity index (χ0n) is 19.5. The molecule has 0 radical (unpaired) electrons. The quantitative estimate of drug-likeness (QED) is 0.592. The minimum absolute atomic E-state index is 0.207. The topological polar surface area (TPSA) is 80.3 Å². The maximum atomic E-state index is 14.3. The van der Waals surface area contributed by atoms with E-state index in [1.807, 2.05) is 37.3 Å². The Morgan fingerprint density at radius 2 is 1.94 bits per heavy atom. The average Bonchev–Trinajstić information content (AvgIpc) is 2.85. The first-order valence-corrected chi connectivity index (χ1v) is 11.2. The lowest BCUT2D eigenvalue weighted by atomic mass is 9.86. The number of urea groups is 1. The highest BCUT2D eigenvalue weighted by atomic mass is 19.1. The Labute approximate surface area is 194 Å². The largest absolute Gasteiger partial charge is 0.489 e. The maximum Gasteiger partial charge on any atom is 0.321 e. The van der Waals surface area contributed by atoms with Gasteiger partial charge in [0.1, 0.15) is 18.2 Å². The number of nitrogens with zero attached hydrogens (tertiary/aromatic N) is 1. The van der Waals surface area contributed by atoms with Crippen molar-refractivity contribution in [1.82, 2.24) is 5.32 Å². The van der Waals surface area contributed by atoms with E-state index in [1.54, 1.807) is 14.2 Å². The molecule has 1 fully saturated rings. The van der Waals surface area contributed by atoms with Gasteiger partial charge < -0.3 is 24.6 Å². The molecule has 2 amide bonds. The maximum absolute atomic E-state index is 14.3. The molecule has 0 bridgehead atoms.